The van der Waals surface area contributed by atoms with Gasteiger partial charge in [0.15, 0.2) is 0 Å². The van der Waals surface area contributed by atoms with Crippen molar-refractivity contribution in [2.24, 2.45) is 0 Å². The highest BCUT2D eigenvalue weighted by molar-refractivity contribution is 6.20. The third-order valence-electron chi connectivity index (χ3n) is 2.64. The number of rotatable bonds is 4. The predicted octanol–water partition coefficient (Wildman–Crippen LogP) is 2.72. The smallest absolute Gasteiger partial charge is 0.336 e. The van der Waals surface area contributed by atoms with Gasteiger partial charge in [-0.2, -0.15) is 0 Å². The first-order valence-corrected chi connectivity index (χ1v) is 5.71. The molecule has 0 saturated heterocycles. The van der Waals surface area contributed by atoms with Crippen molar-refractivity contribution in [3.8, 4) is 5.75 Å². The fourth-order valence-electron chi connectivity index (χ4n) is 1.73. The molecule has 0 saturated carbocycles. The van der Waals surface area contributed by atoms with Gasteiger partial charge in [0, 0.05) is 23.5 Å². The lowest BCUT2D eigenvalue weighted by molar-refractivity contribution is -0.130. The van der Waals surface area contributed by atoms with Crippen molar-refractivity contribution in [3.05, 3.63) is 59.9 Å². The van der Waals surface area contributed by atoms with Crippen LogP contribution in [0.5, 0.6) is 5.75 Å². The summed E-state index contributed by atoms with van der Waals surface area (Å²) in [4.78, 5) is 15.3. The van der Waals surface area contributed by atoms with Crippen molar-refractivity contribution < 1.29 is 14.6 Å². The van der Waals surface area contributed by atoms with Gasteiger partial charge in [-0.1, -0.05) is 24.3 Å². The van der Waals surface area contributed by atoms with Crippen molar-refractivity contribution >= 4 is 17.6 Å². The molecule has 0 spiro atoms. The highest BCUT2D eigenvalue weighted by Crippen LogP contribution is 2.24. The van der Waals surface area contributed by atoms with E-state index in [4.69, 9.17) is 4.74 Å². The second-order valence-electron chi connectivity index (χ2n) is 3.85. The van der Waals surface area contributed by atoms with Gasteiger partial charge in [0.05, 0.1) is 12.7 Å². The molecule has 0 radical (unpaired) electrons. The van der Waals surface area contributed by atoms with Crippen LogP contribution >= 0.6 is 0 Å². The molecule has 2 aromatic rings. The number of pyridine rings is 1. The third-order valence-corrected chi connectivity index (χ3v) is 2.64. The van der Waals surface area contributed by atoms with E-state index in [9.17, 15) is 9.90 Å². The summed E-state index contributed by atoms with van der Waals surface area (Å²) in [6, 6.07) is 10.7. The van der Waals surface area contributed by atoms with Crippen molar-refractivity contribution in [2.75, 3.05) is 7.11 Å². The number of ether oxygens (including phenoxy) is 1. The van der Waals surface area contributed by atoms with E-state index in [-0.39, 0.29) is 5.57 Å². The molecule has 0 aliphatic heterocycles. The molecule has 4 heteroatoms. The molecule has 2 rings (SSSR count). The molecule has 1 heterocycles. The maximum absolute atomic E-state index is 11.4. The number of carbonyl (C=O) groups is 1. The zero-order valence-electron chi connectivity index (χ0n) is 10.4. The van der Waals surface area contributed by atoms with E-state index >= 15 is 0 Å². The van der Waals surface area contributed by atoms with Gasteiger partial charge in [-0.15, -0.1) is 0 Å². The summed E-state index contributed by atoms with van der Waals surface area (Å²) in [5.41, 5.74) is 1.45. The van der Waals surface area contributed by atoms with E-state index in [0.717, 1.165) is 0 Å². The summed E-state index contributed by atoms with van der Waals surface area (Å²) in [6.07, 6.45) is 4.71. The zero-order valence-corrected chi connectivity index (χ0v) is 10.4. The molecule has 96 valence electrons. The van der Waals surface area contributed by atoms with E-state index in [1.165, 1.54) is 6.20 Å². The monoisotopic (exact) mass is 255 g/mol. The Balaban J connectivity index is 2.51. The second-order valence-corrected chi connectivity index (χ2v) is 3.85. The summed E-state index contributed by atoms with van der Waals surface area (Å²) < 4.78 is 5.21. The van der Waals surface area contributed by atoms with Crippen LogP contribution in [0.2, 0.25) is 0 Å². The van der Waals surface area contributed by atoms with Gasteiger partial charge in [0.1, 0.15) is 5.75 Å². The molecule has 0 amide bonds. The Bertz CT molecular complexity index is 606. The van der Waals surface area contributed by atoms with E-state index in [1.54, 1.807) is 43.6 Å². The zero-order chi connectivity index (χ0) is 13.7. The minimum Gasteiger partial charge on any atom is -0.496 e. The maximum Gasteiger partial charge on any atom is 0.336 e. The first kappa shape index (κ1) is 12.8. The number of hydrogen-bond acceptors (Lipinski definition) is 3. The van der Waals surface area contributed by atoms with Crippen molar-refractivity contribution in [2.45, 2.75) is 0 Å². The Morgan fingerprint density at radius 1 is 1.26 bits per heavy atom. The number of aromatic nitrogens is 1. The van der Waals surface area contributed by atoms with Gasteiger partial charge in [0.2, 0.25) is 0 Å². The lowest BCUT2D eigenvalue weighted by Gasteiger charge is -2.06. The Hall–Kier alpha value is -2.62. The molecule has 0 fully saturated rings. The predicted molar refractivity (Wildman–Crippen MR) is 72.7 cm³/mol. The molecular weight excluding hydrogens is 242 g/mol. The number of aliphatic carboxylic acids is 1. The van der Waals surface area contributed by atoms with Crippen LogP contribution in [-0.4, -0.2) is 23.2 Å². The highest BCUT2D eigenvalue weighted by atomic mass is 16.5. The van der Waals surface area contributed by atoms with Crippen LogP contribution in [0, 0.1) is 0 Å². The van der Waals surface area contributed by atoms with Gasteiger partial charge < -0.3 is 9.84 Å². The third kappa shape index (κ3) is 2.98. The molecule has 19 heavy (non-hydrogen) atoms. The molecule has 0 atom stereocenters. The Labute approximate surface area is 111 Å². The second kappa shape index (κ2) is 5.82. The summed E-state index contributed by atoms with van der Waals surface area (Å²) in [6.45, 7) is 0. The summed E-state index contributed by atoms with van der Waals surface area (Å²) in [5.74, 6) is -0.371. The lowest BCUT2D eigenvalue weighted by atomic mass is 10.0. The number of carboxylic acid groups (broad SMARTS) is 1. The molecule has 0 unspecified atom stereocenters. The van der Waals surface area contributed by atoms with E-state index in [2.05, 4.69) is 4.98 Å². The average Bonchev–Trinajstić information content (AvgIpc) is 2.45. The van der Waals surface area contributed by atoms with Crippen LogP contribution in [0.4, 0.5) is 0 Å². The summed E-state index contributed by atoms with van der Waals surface area (Å²) in [5, 5.41) is 9.31. The molecule has 0 aliphatic rings. The largest absolute Gasteiger partial charge is 0.496 e. The fourth-order valence-corrected chi connectivity index (χ4v) is 1.73. The van der Waals surface area contributed by atoms with E-state index < -0.39 is 5.97 Å². The van der Waals surface area contributed by atoms with Gasteiger partial charge in [0.25, 0.3) is 0 Å². The number of carboxylic acids is 1. The number of nitrogens with zero attached hydrogens (tertiary/aromatic N) is 1. The molecule has 0 aliphatic carbocycles. The minimum absolute atomic E-state index is 0.178. The Morgan fingerprint density at radius 2 is 2.05 bits per heavy atom. The molecule has 0 bridgehead atoms. The Kier molecular flexibility index (Phi) is 3.93. The highest BCUT2D eigenvalue weighted by Gasteiger charge is 2.11. The van der Waals surface area contributed by atoms with Gasteiger partial charge in [-0.25, -0.2) is 4.79 Å². The van der Waals surface area contributed by atoms with Crippen molar-refractivity contribution in [3.63, 3.8) is 0 Å². The van der Waals surface area contributed by atoms with Gasteiger partial charge >= 0.3 is 5.97 Å². The number of benzene rings is 1. The van der Waals surface area contributed by atoms with Crippen LogP contribution < -0.4 is 4.74 Å². The maximum atomic E-state index is 11.4. The Morgan fingerprint density at radius 3 is 2.68 bits per heavy atom. The SMILES string of the molecule is COc1ccccc1/C=C(/C(=O)O)c1cccnc1. The summed E-state index contributed by atoms with van der Waals surface area (Å²) in [7, 11) is 1.55. The van der Waals surface area contributed by atoms with Gasteiger partial charge in [-0.05, 0) is 18.2 Å². The number of hydrogen-bond donors (Lipinski definition) is 1. The lowest BCUT2D eigenvalue weighted by Crippen LogP contribution is -2.00. The summed E-state index contributed by atoms with van der Waals surface area (Å²) >= 11 is 0. The molecule has 4 nitrogen and oxygen atoms in total. The minimum atomic E-state index is -1.00. The first-order valence-electron chi connectivity index (χ1n) is 5.71. The molecule has 1 aromatic heterocycles. The molecule has 1 aromatic carbocycles. The van der Waals surface area contributed by atoms with Crippen LogP contribution in [0.3, 0.4) is 0 Å². The molecule has 1 N–H and O–H groups in total. The van der Waals surface area contributed by atoms with Crippen LogP contribution in [-0.2, 0) is 4.79 Å². The van der Waals surface area contributed by atoms with Gasteiger partial charge in [-0.3, -0.25) is 4.98 Å². The standard InChI is InChI=1S/C15H13NO3/c1-19-14-7-3-2-5-11(14)9-13(15(17)18)12-6-4-8-16-10-12/h2-10H,1H3,(H,17,18)/b13-9+. The van der Waals surface area contributed by atoms with E-state index in [0.29, 0.717) is 16.9 Å². The van der Waals surface area contributed by atoms with Crippen LogP contribution in [0.1, 0.15) is 11.1 Å². The van der Waals surface area contributed by atoms with Crippen LogP contribution in [0.25, 0.3) is 11.6 Å². The first-order chi connectivity index (χ1) is 9.22. The average molecular weight is 255 g/mol. The quantitative estimate of drug-likeness (QED) is 0.853. The van der Waals surface area contributed by atoms with E-state index in [1.807, 2.05) is 12.1 Å². The fraction of sp³-hybridized carbons (Fsp3) is 0.0667. The van der Waals surface area contributed by atoms with Crippen molar-refractivity contribution in [1.29, 1.82) is 0 Å². The van der Waals surface area contributed by atoms with Crippen LogP contribution in [0.15, 0.2) is 48.8 Å². The topological polar surface area (TPSA) is 59.4 Å². The van der Waals surface area contributed by atoms with Crippen molar-refractivity contribution in [1.82, 2.24) is 4.98 Å². The molecular formula is C15H13NO3. The number of para-hydroxylation sites is 1. The normalized spacial score (nSPS) is 11.1. The number of methoxy groups -OCH3 is 1.